The lowest BCUT2D eigenvalue weighted by molar-refractivity contribution is 0.262. The minimum absolute atomic E-state index is 0.00719. The fourth-order valence-electron chi connectivity index (χ4n) is 4.51. The first kappa shape index (κ1) is 25.2. The van der Waals surface area contributed by atoms with Crippen LogP contribution in [0.25, 0.3) is 11.3 Å². The van der Waals surface area contributed by atoms with E-state index in [1.54, 1.807) is 24.5 Å². The minimum Gasteiger partial charge on any atom is -0.439 e. The number of pyridine rings is 1. The van der Waals surface area contributed by atoms with Crippen molar-refractivity contribution in [2.45, 2.75) is 19.4 Å². The number of nitrogens with one attached hydrogen (secondary N) is 3. The molecule has 10 heteroatoms. The Hall–Kier alpha value is -4.44. The first-order valence-electron chi connectivity index (χ1n) is 12.4. The molecule has 5 rings (SSSR count). The number of urea groups is 1. The van der Waals surface area contributed by atoms with Gasteiger partial charge in [-0.3, -0.25) is 5.10 Å². The molecule has 1 aliphatic heterocycles. The molecule has 2 amide bonds. The van der Waals surface area contributed by atoms with Gasteiger partial charge in [-0.2, -0.15) is 5.10 Å². The highest BCUT2D eigenvalue weighted by molar-refractivity contribution is 6.00. The molecule has 2 aromatic heterocycles. The van der Waals surface area contributed by atoms with Gasteiger partial charge in [-0.1, -0.05) is 6.07 Å². The number of amides is 2. The second-order valence-electron chi connectivity index (χ2n) is 9.58. The van der Waals surface area contributed by atoms with E-state index >= 15 is 0 Å². The van der Waals surface area contributed by atoms with Crippen LogP contribution in [0.5, 0.6) is 11.6 Å². The number of H-pyrrole nitrogens is 1. The summed E-state index contributed by atoms with van der Waals surface area (Å²) in [5.41, 5.74) is 4.20. The summed E-state index contributed by atoms with van der Waals surface area (Å²) in [6.45, 7) is 3.87. The van der Waals surface area contributed by atoms with E-state index in [1.165, 1.54) is 18.2 Å². The molecule has 1 atom stereocenters. The number of anilines is 3. The van der Waals surface area contributed by atoms with Crippen LogP contribution in [0.1, 0.15) is 12.0 Å². The van der Waals surface area contributed by atoms with Crippen molar-refractivity contribution in [3.05, 3.63) is 78.4 Å². The number of likely N-dealkylation sites (N-methyl/N-ethyl adjacent to an activating group) is 1. The molecule has 2 aromatic carbocycles. The highest BCUT2D eigenvalue weighted by Crippen LogP contribution is 2.29. The number of carbonyl (C=O) groups is 1. The molecule has 9 nitrogen and oxygen atoms in total. The second kappa shape index (κ2) is 10.9. The largest absolute Gasteiger partial charge is 0.439 e. The van der Waals surface area contributed by atoms with Crippen LogP contribution >= 0.6 is 0 Å². The Kier molecular flexibility index (Phi) is 7.23. The van der Waals surface area contributed by atoms with E-state index in [2.05, 4.69) is 55.8 Å². The number of nitrogens with zero attached hydrogens (tertiary/aromatic N) is 4. The van der Waals surface area contributed by atoms with Crippen molar-refractivity contribution in [3.8, 4) is 22.9 Å². The molecule has 38 heavy (non-hydrogen) atoms. The number of hydrogen-bond donors (Lipinski definition) is 3. The van der Waals surface area contributed by atoms with Gasteiger partial charge in [-0.15, -0.1) is 0 Å². The Morgan fingerprint density at radius 2 is 2.03 bits per heavy atom. The number of aromatic amines is 1. The number of halogens is 1. The highest BCUT2D eigenvalue weighted by atomic mass is 19.1. The molecule has 0 bridgehead atoms. The smallest absolute Gasteiger partial charge is 0.323 e. The predicted octanol–water partition coefficient (Wildman–Crippen LogP) is 5.50. The number of rotatable bonds is 7. The quantitative estimate of drug-likeness (QED) is 0.301. The summed E-state index contributed by atoms with van der Waals surface area (Å²) in [5, 5.41) is 12.1. The Morgan fingerprint density at radius 3 is 2.79 bits per heavy atom. The molecule has 1 fully saturated rings. The molecule has 0 radical (unpaired) electrons. The molecule has 196 valence electrons. The second-order valence-corrected chi connectivity index (χ2v) is 9.58. The van der Waals surface area contributed by atoms with Gasteiger partial charge in [0.25, 0.3) is 0 Å². The average molecular weight is 516 g/mol. The predicted molar refractivity (Wildman–Crippen MR) is 146 cm³/mol. The summed E-state index contributed by atoms with van der Waals surface area (Å²) in [5.74, 6) is 0.0848. The van der Waals surface area contributed by atoms with Gasteiger partial charge in [0.1, 0.15) is 11.6 Å². The molecule has 1 unspecified atom stereocenters. The van der Waals surface area contributed by atoms with Crippen LogP contribution in [0.15, 0.2) is 67.0 Å². The lowest BCUT2D eigenvalue weighted by Crippen LogP contribution is -2.31. The van der Waals surface area contributed by atoms with Crippen molar-refractivity contribution in [1.82, 2.24) is 20.1 Å². The van der Waals surface area contributed by atoms with Crippen LogP contribution in [0.3, 0.4) is 0 Å². The van der Waals surface area contributed by atoms with Gasteiger partial charge in [0.05, 0.1) is 17.6 Å². The average Bonchev–Trinajstić information content (AvgIpc) is 3.59. The first-order valence-corrected chi connectivity index (χ1v) is 12.4. The summed E-state index contributed by atoms with van der Waals surface area (Å²) in [4.78, 5) is 21.8. The van der Waals surface area contributed by atoms with Crippen molar-refractivity contribution < 1.29 is 13.9 Å². The van der Waals surface area contributed by atoms with E-state index in [0.717, 1.165) is 36.3 Å². The fourth-order valence-corrected chi connectivity index (χ4v) is 4.51. The third-order valence-corrected chi connectivity index (χ3v) is 6.50. The maximum atomic E-state index is 14.6. The van der Waals surface area contributed by atoms with Crippen LogP contribution < -0.4 is 20.3 Å². The Bertz CT molecular complexity index is 1420. The van der Waals surface area contributed by atoms with E-state index in [-0.39, 0.29) is 5.69 Å². The van der Waals surface area contributed by atoms with Gasteiger partial charge in [-0.05, 0) is 69.4 Å². The molecule has 1 saturated heterocycles. The normalized spacial score (nSPS) is 15.1. The lowest BCUT2D eigenvalue weighted by Gasteiger charge is -2.23. The van der Waals surface area contributed by atoms with Gasteiger partial charge in [0.15, 0.2) is 0 Å². The maximum Gasteiger partial charge on any atom is 0.323 e. The molecule has 0 aliphatic carbocycles. The summed E-state index contributed by atoms with van der Waals surface area (Å²) >= 11 is 0. The van der Waals surface area contributed by atoms with Crippen LogP contribution in [0, 0.1) is 12.7 Å². The number of benzene rings is 2. The molecule has 1 aliphatic rings. The Balaban J connectivity index is 1.26. The van der Waals surface area contributed by atoms with E-state index in [1.807, 2.05) is 25.1 Å². The monoisotopic (exact) mass is 515 g/mol. The molecule has 4 aromatic rings. The molecule has 0 saturated carbocycles. The minimum atomic E-state index is -0.579. The number of hydrogen-bond acceptors (Lipinski definition) is 6. The first-order chi connectivity index (χ1) is 18.3. The topological polar surface area (TPSA) is 98.4 Å². The number of aryl methyl sites for hydroxylation is 1. The van der Waals surface area contributed by atoms with Crippen molar-refractivity contribution in [3.63, 3.8) is 0 Å². The van der Waals surface area contributed by atoms with E-state index < -0.39 is 11.8 Å². The summed E-state index contributed by atoms with van der Waals surface area (Å²) < 4.78 is 20.4. The van der Waals surface area contributed by atoms with Crippen molar-refractivity contribution in [2.24, 2.45) is 0 Å². The summed E-state index contributed by atoms with van der Waals surface area (Å²) in [7, 11) is 4.19. The Morgan fingerprint density at radius 1 is 1.16 bits per heavy atom. The van der Waals surface area contributed by atoms with Crippen LogP contribution in [0.2, 0.25) is 0 Å². The van der Waals surface area contributed by atoms with Crippen LogP contribution in [-0.2, 0) is 0 Å². The fraction of sp³-hybridized carbons (Fsp3) is 0.250. The number of ether oxygens (including phenoxy) is 1. The SMILES string of the molecule is Cc1cc(NC(=O)Nc2cc(Oc3cccc(-c4cn[nH]c4)n3)ccc2F)cc(N2CCC(N(C)C)C2)c1. The van der Waals surface area contributed by atoms with Crippen molar-refractivity contribution in [1.29, 1.82) is 0 Å². The molecular weight excluding hydrogens is 485 g/mol. The number of aromatic nitrogens is 3. The zero-order valence-electron chi connectivity index (χ0n) is 21.5. The molecular formula is C28H30FN7O2. The summed E-state index contributed by atoms with van der Waals surface area (Å²) in [6, 6.07) is 15.4. The van der Waals surface area contributed by atoms with Crippen molar-refractivity contribution >= 4 is 23.1 Å². The summed E-state index contributed by atoms with van der Waals surface area (Å²) in [6.07, 6.45) is 4.48. The van der Waals surface area contributed by atoms with Crippen LogP contribution in [0.4, 0.5) is 26.2 Å². The van der Waals surface area contributed by atoms with Gasteiger partial charge in [0.2, 0.25) is 5.88 Å². The molecule has 3 heterocycles. The lowest BCUT2D eigenvalue weighted by atomic mass is 10.2. The molecule has 0 spiro atoms. The Labute approximate surface area is 220 Å². The van der Waals surface area contributed by atoms with Gasteiger partial charge in [0, 0.05) is 54.4 Å². The van der Waals surface area contributed by atoms with Gasteiger partial charge < -0.3 is 25.2 Å². The van der Waals surface area contributed by atoms with E-state index in [9.17, 15) is 9.18 Å². The zero-order valence-corrected chi connectivity index (χ0v) is 21.5. The third kappa shape index (κ3) is 5.92. The van der Waals surface area contributed by atoms with Gasteiger partial charge >= 0.3 is 6.03 Å². The zero-order chi connectivity index (χ0) is 26.6. The van der Waals surface area contributed by atoms with E-state index in [0.29, 0.717) is 29.1 Å². The number of carbonyl (C=O) groups excluding carboxylic acids is 1. The highest BCUT2D eigenvalue weighted by Gasteiger charge is 2.24. The van der Waals surface area contributed by atoms with Gasteiger partial charge in [-0.25, -0.2) is 14.2 Å². The molecule has 3 N–H and O–H groups in total. The van der Waals surface area contributed by atoms with Crippen LogP contribution in [-0.4, -0.2) is 59.3 Å². The third-order valence-electron chi connectivity index (χ3n) is 6.50. The standard InChI is InChI=1S/C28H30FN7O2/c1-18-11-20(13-22(12-18)36-10-9-21(17-36)35(2)3)32-28(37)34-26-14-23(7-8-24(26)29)38-27-6-4-5-25(33-27)19-15-30-31-16-19/h4-8,11-16,21H,9-10,17H2,1-3H3,(H,30,31)(H2,32,34,37). The van der Waals surface area contributed by atoms with Crippen molar-refractivity contribution in [2.75, 3.05) is 42.7 Å². The maximum absolute atomic E-state index is 14.6. The van der Waals surface area contributed by atoms with E-state index in [4.69, 9.17) is 4.74 Å².